The van der Waals surface area contributed by atoms with Crippen molar-refractivity contribution in [3.63, 3.8) is 0 Å². The highest BCUT2D eigenvalue weighted by atomic mass is 16.1. The third-order valence-electron chi connectivity index (χ3n) is 4.83. The first kappa shape index (κ1) is 16.4. The van der Waals surface area contributed by atoms with Crippen LogP contribution in [0.1, 0.15) is 34.2 Å². The standard InChI is InChI=1S/C21H20N4O/c1-13-17(15(3)26)12-18(14(2)23-13)19-8-10-22-21(24-19)25-11-9-16-6-4-5-7-20(16)25/h4-8,10,12H,9,11H2,1-3H3. The normalized spacial score (nSPS) is 13.0. The van der Waals surface area contributed by atoms with Crippen LogP contribution < -0.4 is 4.90 Å². The van der Waals surface area contributed by atoms with Crippen molar-refractivity contribution in [3.05, 3.63) is 65.1 Å². The number of benzene rings is 1. The van der Waals surface area contributed by atoms with Crippen molar-refractivity contribution in [2.45, 2.75) is 27.2 Å². The van der Waals surface area contributed by atoms with Crippen molar-refractivity contribution in [1.29, 1.82) is 0 Å². The third-order valence-corrected chi connectivity index (χ3v) is 4.83. The molecule has 0 atom stereocenters. The van der Waals surface area contributed by atoms with E-state index in [1.165, 1.54) is 5.56 Å². The van der Waals surface area contributed by atoms with Crippen LogP contribution in [0.4, 0.5) is 11.6 Å². The van der Waals surface area contributed by atoms with Crippen LogP contribution in [0.2, 0.25) is 0 Å². The van der Waals surface area contributed by atoms with Gasteiger partial charge < -0.3 is 4.90 Å². The molecule has 4 rings (SSSR count). The molecule has 3 heterocycles. The van der Waals surface area contributed by atoms with Gasteiger partial charge in [-0.3, -0.25) is 9.78 Å². The van der Waals surface area contributed by atoms with Crippen molar-refractivity contribution in [3.8, 4) is 11.3 Å². The van der Waals surface area contributed by atoms with Crippen LogP contribution in [-0.4, -0.2) is 27.3 Å². The molecule has 0 spiro atoms. The number of rotatable bonds is 3. The number of ketones is 1. The maximum Gasteiger partial charge on any atom is 0.230 e. The minimum atomic E-state index is 0.0130. The van der Waals surface area contributed by atoms with Crippen molar-refractivity contribution >= 4 is 17.4 Å². The molecule has 2 aromatic heterocycles. The Bertz CT molecular complexity index is 1010. The van der Waals surface area contributed by atoms with E-state index >= 15 is 0 Å². The molecule has 0 fully saturated rings. The first-order valence-corrected chi connectivity index (χ1v) is 8.72. The van der Waals surface area contributed by atoms with Crippen molar-refractivity contribution in [2.75, 3.05) is 11.4 Å². The Morgan fingerprint density at radius 3 is 2.69 bits per heavy atom. The first-order valence-electron chi connectivity index (χ1n) is 8.72. The van der Waals surface area contributed by atoms with Crippen molar-refractivity contribution in [2.24, 2.45) is 0 Å². The minimum Gasteiger partial charge on any atom is -0.310 e. The summed E-state index contributed by atoms with van der Waals surface area (Å²) in [4.78, 5) is 27.8. The summed E-state index contributed by atoms with van der Waals surface area (Å²) in [7, 11) is 0. The Kier molecular flexibility index (Phi) is 3.99. The molecule has 5 heteroatoms. The van der Waals surface area contributed by atoms with E-state index in [0.29, 0.717) is 11.5 Å². The summed E-state index contributed by atoms with van der Waals surface area (Å²) in [6.45, 7) is 6.24. The van der Waals surface area contributed by atoms with Gasteiger partial charge in [-0.05, 0) is 51.0 Å². The van der Waals surface area contributed by atoms with Gasteiger partial charge in [0.05, 0.1) is 5.69 Å². The van der Waals surface area contributed by atoms with Crippen LogP contribution in [-0.2, 0) is 6.42 Å². The summed E-state index contributed by atoms with van der Waals surface area (Å²) in [5.41, 5.74) is 6.38. The fourth-order valence-electron chi connectivity index (χ4n) is 3.52. The van der Waals surface area contributed by atoms with E-state index in [4.69, 9.17) is 4.98 Å². The number of carbonyl (C=O) groups is 1. The molecule has 5 nitrogen and oxygen atoms in total. The molecular weight excluding hydrogens is 324 g/mol. The number of anilines is 2. The topological polar surface area (TPSA) is 59.0 Å². The molecule has 0 amide bonds. The Morgan fingerprint density at radius 2 is 1.88 bits per heavy atom. The van der Waals surface area contributed by atoms with Gasteiger partial charge >= 0.3 is 0 Å². The predicted octanol–water partition coefficient (Wildman–Crippen LogP) is 4.05. The number of nitrogens with zero attached hydrogens (tertiary/aromatic N) is 4. The van der Waals surface area contributed by atoms with Gasteiger partial charge in [0.1, 0.15) is 0 Å². The quantitative estimate of drug-likeness (QED) is 0.671. The summed E-state index contributed by atoms with van der Waals surface area (Å²) < 4.78 is 0. The first-order chi connectivity index (χ1) is 12.5. The largest absolute Gasteiger partial charge is 0.310 e. The van der Waals surface area contributed by atoms with Crippen molar-refractivity contribution in [1.82, 2.24) is 15.0 Å². The van der Waals surface area contributed by atoms with Crippen LogP contribution in [0.5, 0.6) is 0 Å². The fourth-order valence-corrected chi connectivity index (χ4v) is 3.52. The molecule has 0 unspecified atom stereocenters. The summed E-state index contributed by atoms with van der Waals surface area (Å²) >= 11 is 0. The molecule has 0 saturated carbocycles. The lowest BCUT2D eigenvalue weighted by molar-refractivity contribution is 0.101. The van der Waals surface area contributed by atoms with Crippen molar-refractivity contribution < 1.29 is 4.79 Å². The summed E-state index contributed by atoms with van der Waals surface area (Å²) in [6, 6.07) is 12.1. The second-order valence-corrected chi connectivity index (χ2v) is 6.58. The minimum absolute atomic E-state index is 0.0130. The highest BCUT2D eigenvalue weighted by molar-refractivity contribution is 5.96. The zero-order chi connectivity index (χ0) is 18.3. The second-order valence-electron chi connectivity index (χ2n) is 6.58. The SMILES string of the molecule is CC(=O)c1cc(-c2ccnc(N3CCc4ccccc43)n2)c(C)nc1C. The summed E-state index contributed by atoms with van der Waals surface area (Å²) in [5.74, 6) is 0.691. The Labute approximate surface area is 152 Å². The zero-order valence-corrected chi connectivity index (χ0v) is 15.2. The van der Waals surface area contributed by atoms with Gasteiger partial charge in [0.15, 0.2) is 5.78 Å². The molecule has 0 saturated heterocycles. The molecule has 0 N–H and O–H groups in total. The van der Waals surface area contributed by atoms with Crippen LogP contribution in [0.25, 0.3) is 11.3 Å². The number of fused-ring (bicyclic) bond motifs is 1. The number of hydrogen-bond acceptors (Lipinski definition) is 5. The molecule has 3 aromatic rings. The average molecular weight is 344 g/mol. The van der Waals surface area contributed by atoms with E-state index in [9.17, 15) is 4.79 Å². The Morgan fingerprint density at radius 1 is 1.08 bits per heavy atom. The maximum absolute atomic E-state index is 11.9. The van der Waals surface area contributed by atoms with E-state index in [0.717, 1.165) is 41.3 Å². The third kappa shape index (κ3) is 2.75. The van der Waals surface area contributed by atoms with Gasteiger partial charge in [-0.1, -0.05) is 18.2 Å². The second kappa shape index (κ2) is 6.33. The molecule has 0 aliphatic carbocycles. The van der Waals surface area contributed by atoms with Gasteiger partial charge in [-0.2, -0.15) is 0 Å². The van der Waals surface area contributed by atoms with Gasteiger partial charge in [0.2, 0.25) is 5.95 Å². The monoisotopic (exact) mass is 344 g/mol. The maximum atomic E-state index is 11.9. The number of aromatic nitrogens is 3. The average Bonchev–Trinajstić information content (AvgIpc) is 3.05. The highest BCUT2D eigenvalue weighted by Gasteiger charge is 2.22. The lowest BCUT2D eigenvalue weighted by atomic mass is 10.0. The Hall–Kier alpha value is -3.08. The molecule has 1 aromatic carbocycles. The number of hydrogen-bond donors (Lipinski definition) is 0. The molecule has 0 bridgehead atoms. The lowest BCUT2D eigenvalue weighted by Gasteiger charge is -2.18. The van der Waals surface area contributed by atoms with E-state index < -0.39 is 0 Å². The molecular formula is C21H20N4O. The van der Waals surface area contributed by atoms with E-state index in [1.807, 2.05) is 32.0 Å². The number of para-hydroxylation sites is 1. The van der Waals surface area contributed by atoms with E-state index in [2.05, 4.69) is 33.1 Å². The number of aryl methyl sites for hydroxylation is 2. The fraction of sp³-hybridized carbons (Fsp3) is 0.238. The molecule has 0 radical (unpaired) electrons. The Balaban J connectivity index is 1.78. The van der Waals surface area contributed by atoms with Gasteiger partial charge in [-0.25, -0.2) is 9.97 Å². The van der Waals surface area contributed by atoms with Gasteiger partial charge in [0, 0.05) is 40.9 Å². The van der Waals surface area contributed by atoms with Crippen LogP contribution in [0, 0.1) is 13.8 Å². The van der Waals surface area contributed by atoms with E-state index in [-0.39, 0.29) is 5.78 Å². The van der Waals surface area contributed by atoms with Crippen LogP contribution >= 0.6 is 0 Å². The lowest BCUT2D eigenvalue weighted by Crippen LogP contribution is -2.16. The zero-order valence-electron chi connectivity index (χ0n) is 15.2. The van der Waals surface area contributed by atoms with Crippen LogP contribution in [0.3, 0.4) is 0 Å². The number of Topliss-reactive ketones (excluding diaryl/α,β-unsaturated/α-hetero) is 1. The van der Waals surface area contributed by atoms with Crippen LogP contribution in [0.15, 0.2) is 42.6 Å². The number of carbonyl (C=O) groups excluding carboxylic acids is 1. The van der Waals surface area contributed by atoms with Gasteiger partial charge in [-0.15, -0.1) is 0 Å². The van der Waals surface area contributed by atoms with Gasteiger partial charge in [0.25, 0.3) is 0 Å². The molecule has 26 heavy (non-hydrogen) atoms. The number of pyridine rings is 1. The van der Waals surface area contributed by atoms with E-state index in [1.54, 1.807) is 13.1 Å². The summed E-state index contributed by atoms with van der Waals surface area (Å²) in [5, 5.41) is 0. The smallest absolute Gasteiger partial charge is 0.230 e. The highest BCUT2D eigenvalue weighted by Crippen LogP contribution is 2.33. The molecule has 1 aliphatic rings. The summed E-state index contributed by atoms with van der Waals surface area (Å²) in [6.07, 6.45) is 2.76. The predicted molar refractivity (Wildman–Crippen MR) is 102 cm³/mol. The molecule has 1 aliphatic heterocycles. The molecule has 130 valence electrons.